The molecule has 0 saturated carbocycles. The molecule has 3 aromatic carbocycles. The van der Waals surface area contributed by atoms with Gasteiger partial charge in [0.05, 0.1) is 11.4 Å². The highest BCUT2D eigenvalue weighted by molar-refractivity contribution is 6.07. The van der Waals surface area contributed by atoms with E-state index in [1.807, 2.05) is 55.5 Å². The Morgan fingerprint density at radius 3 is 2.45 bits per heavy atom. The van der Waals surface area contributed by atoms with E-state index < -0.39 is 5.63 Å². The van der Waals surface area contributed by atoms with Crippen molar-refractivity contribution in [2.45, 2.75) is 32.2 Å². The van der Waals surface area contributed by atoms with Gasteiger partial charge in [0.2, 0.25) is 5.76 Å². The molecule has 31 heavy (non-hydrogen) atoms. The van der Waals surface area contributed by atoms with E-state index in [4.69, 9.17) is 4.42 Å². The van der Waals surface area contributed by atoms with Gasteiger partial charge in [-0.25, -0.2) is 4.79 Å². The van der Waals surface area contributed by atoms with Crippen molar-refractivity contribution in [1.82, 2.24) is 5.32 Å². The first-order valence-electron chi connectivity index (χ1n) is 10.6. The number of hydrogen-bond donors (Lipinski definition) is 1. The fourth-order valence-electron chi connectivity index (χ4n) is 4.49. The molecule has 0 saturated heterocycles. The maximum atomic E-state index is 13.4. The zero-order valence-electron chi connectivity index (χ0n) is 17.4. The van der Waals surface area contributed by atoms with Crippen molar-refractivity contribution in [2.75, 3.05) is 0 Å². The van der Waals surface area contributed by atoms with Crippen LogP contribution in [0.3, 0.4) is 0 Å². The van der Waals surface area contributed by atoms with Crippen LogP contribution < -0.4 is 10.9 Å². The van der Waals surface area contributed by atoms with E-state index in [1.165, 1.54) is 5.56 Å². The molecular weight excluding hydrogens is 386 g/mol. The fourth-order valence-corrected chi connectivity index (χ4v) is 4.49. The summed E-state index contributed by atoms with van der Waals surface area (Å²) >= 11 is 0. The quantitative estimate of drug-likeness (QED) is 0.481. The van der Waals surface area contributed by atoms with Crippen LogP contribution in [0.15, 0.2) is 82.0 Å². The molecule has 1 aromatic heterocycles. The summed E-state index contributed by atoms with van der Waals surface area (Å²) in [6, 6.07) is 23.3. The number of rotatable bonds is 3. The van der Waals surface area contributed by atoms with Crippen molar-refractivity contribution in [3.05, 3.63) is 106 Å². The summed E-state index contributed by atoms with van der Waals surface area (Å²) in [4.78, 5) is 26.1. The van der Waals surface area contributed by atoms with Crippen LogP contribution >= 0.6 is 0 Å². The summed E-state index contributed by atoms with van der Waals surface area (Å²) in [5.74, 6) is -0.296. The molecule has 1 aliphatic carbocycles. The minimum absolute atomic E-state index is 0.0654. The first-order chi connectivity index (χ1) is 15.1. The Morgan fingerprint density at radius 2 is 1.65 bits per heavy atom. The van der Waals surface area contributed by atoms with Gasteiger partial charge in [-0.2, -0.15) is 0 Å². The maximum absolute atomic E-state index is 13.4. The molecular formula is C27H23NO3. The summed E-state index contributed by atoms with van der Waals surface area (Å²) in [7, 11) is 0. The summed E-state index contributed by atoms with van der Waals surface area (Å²) in [5, 5.41) is 4.32. The number of amides is 1. The standard InChI is InChI=1S/C27H23NO3/c1-17-13-15-19(16-14-17)24-21-10-4-5-11-22(21)27(30)31-25(24)26(29)28-23-12-6-8-18-7-2-3-9-20(18)23/h2-5,7,9-11,13-16,23H,6,8,12H2,1H3,(H,28,29)/t23-/m0/s1. The van der Waals surface area contributed by atoms with E-state index in [2.05, 4.69) is 17.4 Å². The molecule has 0 fully saturated rings. The van der Waals surface area contributed by atoms with Crippen molar-refractivity contribution in [1.29, 1.82) is 0 Å². The highest BCUT2D eigenvalue weighted by Crippen LogP contribution is 2.33. The molecule has 4 aromatic rings. The average molecular weight is 409 g/mol. The lowest BCUT2D eigenvalue weighted by Crippen LogP contribution is -2.32. The van der Waals surface area contributed by atoms with E-state index in [0.29, 0.717) is 10.9 Å². The molecule has 4 heteroatoms. The van der Waals surface area contributed by atoms with Gasteiger partial charge in [0.1, 0.15) is 0 Å². The van der Waals surface area contributed by atoms with Gasteiger partial charge in [0.15, 0.2) is 0 Å². The van der Waals surface area contributed by atoms with Gasteiger partial charge in [-0.15, -0.1) is 0 Å². The van der Waals surface area contributed by atoms with Crippen molar-refractivity contribution in [3.63, 3.8) is 0 Å². The Kier molecular flexibility index (Phi) is 4.91. The summed E-state index contributed by atoms with van der Waals surface area (Å²) in [5.41, 5.74) is 4.52. The minimum atomic E-state index is -0.499. The molecule has 5 rings (SSSR count). The van der Waals surface area contributed by atoms with Crippen molar-refractivity contribution in [2.24, 2.45) is 0 Å². The zero-order valence-corrected chi connectivity index (χ0v) is 17.4. The van der Waals surface area contributed by atoms with Crippen LogP contribution in [0.4, 0.5) is 0 Å². The number of nitrogens with one attached hydrogen (secondary N) is 1. The Balaban J connectivity index is 1.63. The lowest BCUT2D eigenvalue weighted by molar-refractivity contribution is 0.0902. The second-order valence-electron chi connectivity index (χ2n) is 8.12. The summed E-state index contributed by atoms with van der Waals surface area (Å²) < 4.78 is 5.63. The van der Waals surface area contributed by atoms with Crippen molar-refractivity contribution < 1.29 is 9.21 Å². The SMILES string of the molecule is Cc1ccc(-c2c(C(=O)N[C@H]3CCCc4ccccc43)oc(=O)c3ccccc23)cc1. The van der Waals surface area contributed by atoms with Gasteiger partial charge < -0.3 is 9.73 Å². The van der Waals surface area contributed by atoms with Gasteiger partial charge >= 0.3 is 5.63 Å². The van der Waals surface area contributed by atoms with Gasteiger partial charge in [0, 0.05) is 10.9 Å². The van der Waals surface area contributed by atoms with Crippen molar-refractivity contribution >= 4 is 16.7 Å². The second kappa shape index (κ2) is 7.88. The van der Waals surface area contributed by atoms with Gasteiger partial charge in [-0.3, -0.25) is 4.79 Å². The monoisotopic (exact) mass is 409 g/mol. The van der Waals surface area contributed by atoms with E-state index in [-0.39, 0.29) is 17.7 Å². The Hall–Kier alpha value is -3.66. The molecule has 1 atom stereocenters. The lowest BCUT2D eigenvalue weighted by Gasteiger charge is -2.26. The minimum Gasteiger partial charge on any atom is -0.416 e. The Bertz CT molecular complexity index is 1330. The van der Waals surface area contributed by atoms with E-state index >= 15 is 0 Å². The first-order valence-corrected chi connectivity index (χ1v) is 10.6. The molecule has 0 unspecified atom stereocenters. The second-order valence-corrected chi connectivity index (χ2v) is 8.12. The summed E-state index contributed by atoms with van der Waals surface area (Å²) in [6.07, 6.45) is 2.89. The lowest BCUT2D eigenvalue weighted by atomic mass is 9.87. The van der Waals surface area contributed by atoms with Gasteiger partial charge in [-0.1, -0.05) is 72.3 Å². The van der Waals surface area contributed by atoms with Gasteiger partial charge in [-0.05, 0) is 48.9 Å². The predicted molar refractivity (Wildman–Crippen MR) is 122 cm³/mol. The molecule has 1 heterocycles. The number of benzene rings is 3. The third kappa shape index (κ3) is 3.55. The molecule has 4 nitrogen and oxygen atoms in total. The Morgan fingerprint density at radius 1 is 0.935 bits per heavy atom. The molecule has 154 valence electrons. The van der Waals surface area contributed by atoms with E-state index in [9.17, 15) is 9.59 Å². The Labute approximate surface area is 180 Å². The smallest absolute Gasteiger partial charge is 0.344 e. The van der Waals surface area contributed by atoms with Crippen LogP contribution in [-0.2, 0) is 6.42 Å². The normalized spacial score (nSPS) is 15.5. The number of hydrogen-bond acceptors (Lipinski definition) is 3. The molecule has 0 radical (unpaired) electrons. The van der Waals surface area contributed by atoms with Crippen molar-refractivity contribution in [3.8, 4) is 11.1 Å². The third-order valence-corrected chi connectivity index (χ3v) is 6.06. The van der Waals surface area contributed by atoms with Crippen LogP contribution in [0, 0.1) is 6.92 Å². The number of fused-ring (bicyclic) bond motifs is 2. The van der Waals surface area contributed by atoms with Gasteiger partial charge in [0.25, 0.3) is 5.91 Å². The number of aryl methyl sites for hydroxylation is 2. The highest BCUT2D eigenvalue weighted by atomic mass is 16.4. The van der Waals surface area contributed by atoms with Crippen LogP contribution in [0.1, 0.15) is 46.1 Å². The number of carbonyl (C=O) groups excluding carboxylic acids is 1. The van der Waals surface area contributed by atoms with Crippen LogP contribution in [0.25, 0.3) is 21.9 Å². The van der Waals surface area contributed by atoms with Crippen LogP contribution in [0.5, 0.6) is 0 Å². The van der Waals surface area contributed by atoms with E-state index in [0.717, 1.165) is 41.3 Å². The topological polar surface area (TPSA) is 59.3 Å². The molecule has 0 aliphatic heterocycles. The highest BCUT2D eigenvalue weighted by Gasteiger charge is 2.26. The largest absolute Gasteiger partial charge is 0.416 e. The van der Waals surface area contributed by atoms with Crippen LogP contribution in [0.2, 0.25) is 0 Å². The molecule has 0 bridgehead atoms. The first kappa shape index (κ1) is 19.3. The molecule has 1 N–H and O–H groups in total. The molecule has 0 spiro atoms. The van der Waals surface area contributed by atoms with E-state index in [1.54, 1.807) is 12.1 Å². The fraction of sp³-hybridized carbons (Fsp3) is 0.185. The van der Waals surface area contributed by atoms with Crippen LogP contribution in [-0.4, -0.2) is 5.91 Å². The zero-order chi connectivity index (χ0) is 21.4. The maximum Gasteiger partial charge on any atom is 0.344 e. The number of carbonyl (C=O) groups is 1. The molecule has 1 amide bonds. The summed E-state index contributed by atoms with van der Waals surface area (Å²) in [6.45, 7) is 2.02. The predicted octanol–water partition coefficient (Wildman–Crippen LogP) is 5.58. The molecule has 1 aliphatic rings. The third-order valence-electron chi connectivity index (χ3n) is 6.06. The average Bonchev–Trinajstić information content (AvgIpc) is 2.80.